The van der Waals surface area contributed by atoms with Gasteiger partial charge in [0.25, 0.3) is 5.56 Å². The summed E-state index contributed by atoms with van der Waals surface area (Å²) in [4.78, 5) is 35.8. The summed E-state index contributed by atoms with van der Waals surface area (Å²) in [5.41, 5.74) is 2.12. The highest BCUT2D eigenvalue weighted by Gasteiger charge is 2.24. The minimum atomic E-state index is -0.204. The zero-order chi connectivity index (χ0) is 22.1. The highest BCUT2D eigenvalue weighted by molar-refractivity contribution is 8.00. The van der Waals surface area contributed by atoms with E-state index in [4.69, 9.17) is 9.72 Å². The Kier molecular flexibility index (Phi) is 5.90. The number of hydrogen-bond acceptors (Lipinski definition) is 8. The van der Waals surface area contributed by atoms with E-state index in [-0.39, 0.29) is 17.2 Å². The van der Waals surface area contributed by atoms with Crippen molar-refractivity contribution in [1.29, 1.82) is 0 Å². The number of carbonyl (C=O) groups is 1. The van der Waals surface area contributed by atoms with Crippen molar-refractivity contribution in [3.8, 4) is 11.4 Å². The number of rotatable bonds is 6. The van der Waals surface area contributed by atoms with Crippen LogP contribution in [0.3, 0.4) is 0 Å². The number of hydrogen-bond donors (Lipinski definition) is 1. The Morgan fingerprint density at radius 1 is 1.19 bits per heavy atom. The smallest absolute Gasteiger partial charge is 0.272 e. The van der Waals surface area contributed by atoms with Crippen LogP contribution in [0, 0.1) is 0 Å². The van der Waals surface area contributed by atoms with Gasteiger partial charge < -0.3 is 10.1 Å². The van der Waals surface area contributed by atoms with Gasteiger partial charge in [-0.15, -0.1) is 11.8 Å². The lowest BCUT2D eigenvalue weighted by atomic mass is 10.2. The number of thioether (sulfide) groups is 2. The lowest BCUT2D eigenvalue weighted by molar-refractivity contribution is -0.113. The normalized spacial score (nSPS) is 12.7. The second-order valence-corrected chi connectivity index (χ2v) is 9.98. The minimum Gasteiger partial charge on any atom is -0.495 e. The molecule has 4 aromatic rings. The van der Waals surface area contributed by atoms with E-state index < -0.39 is 0 Å². The SMILES string of the molecule is COc1ccccc1-n1c(SCC(=O)Nc2nc3ccccc3s2)nc2c(c1=O)SCC2. The molecule has 0 saturated carbocycles. The molecule has 0 atom stereocenters. The summed E-state index contributed by atoms with van der Waals surface area (Å²) in [6, 6.07) is 15.1. The molecule has 0 fully saturated rings. The Bertz CT molecular complexity index is 1350. The number of ether oxygens (including phenoxy) is 1. The molecule has 162 valence electrons. The van der Waals surface area contributed by atoms with Gasteiger partial charge in [-0.1, -0.05) is 47.4 Å². The fourth-order valence-electron chi connectivity index (χ4n) is 3.43. The molecule has 1 N–H and O–H groups in total. The average Bonchev–Trinajstić information content (AvgIpc) is 3.44. The number of nitrogens with one attached hydrogen (secondary N) is 1. The van der Waals surface area contributed by atoms with Gasteiger partial charge in [-0.25, -0.2) is 9.97 Å². The second-order valence-electron chi connectivity index (χ2n) is 6.90. The fourth-order valence-corrected chi connectivity index (χ4v) is 6.16. The average molecular weight is 483 g/mol. The van der Waals surface area contributed by atoms with Crippen molar-refractivity contribution >= 4 is 56.1 Å². The van der Waals surface area contributed by atoms with Gasteiger partial charge in [0, 0.05) is 12.2 Å². The van der Waals surface area contributed by atoms with Gasteiger partial charge in [0.1, 0.15) is 5.75 Å². The Morgan fingerprint density at radius 2 is 2.00 bits per heavy atom. The predicted molar refractivity (Wildman–Crippen MR) is 130 cm³/mol. The zero-order valence-corrected chi connectivity index (χ0v) is 19.5. The third-order valence-electron chi connectivity index (χ3n) is 4.87. The first-order chi connectivity index (χ1) is 15.6. The third-order valence-corrected chi connectivity index (χ3v) is 7.86. The molecule has 1 aliphatic rings. The van der Waals surface area contributed by atoms with Crippen LogP contribution in [-0.2, 0) is 11.2 Å². The molecule has 0 spiro atoms. The standard InChI is InChI=1S/C22H18N4O3S3/c1-29-16-8-4-3-7-15(16)26-20(28)19-14(10-11-30-19)24-22(26)31-12-18(27)25-21-23-13-6-2-5-9-17(13)32-21/h2-9H,10-12H2,1H3,(H,23,25,27). The van der Waals surface area contributed by atoms with E-state index in [1.807, 2.05) is 42.5 Å². The van der Waals surface area contributed by atoms with Crippen molar-refractivity contribution in [2.45, 2.75) is 16.5 Å². The molecule has 7 nitrogen and oxygen atoms in total. The molecule has 1 amide bonds. The van der Waals surface area contributed by atoms with E-state index in [1.165, 1.54) is 34.9 Å². The van der Waals surface area contributed by atoms with Crippen molar-refractivity contribution in [3.63, 3.8) is 0 Å². The third kappa shape index (κ3) is 4.01. The summed E-state index contributed by atoms with van der Waals surface area (Å²) in [6.45, 7) is 0. The van der Waals surface area contributed by atoms with Crippen LogP contribution in [0.2, 0.25) is 0 Å². The largest absolute Gasteiger partial charge is 0.495 e. The number of para-hydroxylation sites is 3. The molecule has 5 rings (SSSR count). The first kappa shape index (κ1) is 21.0. The monoisotopic (exact) mass is 482 g/mol. The van der Waals surface area contributed by atoms with Crippen LogP contribution in [0.4, 0.5) is 5.13 Å². The molecular weight excluding hydrogens is 464 g/mol. The Balaban J connectivity index is 1.43. The number of benzene rings is 2. The van der Waals surface area contributed by atoms with Gasteiger partial charge >= 0.3 is 0 Å². The molecule has 0 saturated heterocycles. The Labute approximate surface area is 196 Å². The van der Waals surface area contributed by atoms with Crippen molar-refractivity contribution in [2.24, 2.45) is 0 Å². The molecule has 10 heteroatoms. The molecule has 0 radical (unpaired) electrons. The summed E-state index contributed by atoms with van der Waals surface area (Å²) in [5, 5.41) is 3.88. The molecular formula is C22H18N4O3S3. The molecule has 3 heterocycles. The number of thiazole rings is 1. The summed E-state index contributed by atoms with van der Waals surface area (Å²) in [5.74, 6) is 1.30. The van der Waals surface area contributed by atoms with Crippen LogP contribution in [0.1, 0.15) is 5.69 Å². The molecule has 0 unspecified atom stereocenters. The van der Waals surface area contributed by atoms with Gasteiger partial charge in [-0.2, -0.15) is 0 Å². The van der Waals surface area contributed by atoms with E-state index >= 15 is 0 Å². The van der Waals surface area contributed by atoms with E-state index in [1.54, 1.807) is 17.7 Å². The quantitative estimate of drug-likeness (QED) is 0.325. The van der Waals surface area contributed by atoms with Crippen LogP contribution in [0.15, 0.2) is 63.4 Å². The summed E-state index contributed by atoms with van der Waals surface area (Å²) in [7, 11) is 1.57. The lowest BCUT2D eigenvalue weighted by Gasteiger charge is -2.16. The van der Waals surface area contributed by atoms with Crippen molar-refractivity contribution in [1.82, 2.24) is 14.5 Å². The number of fused-ring (bicyclic) bond motifs is 2. The number of aryl methyl sites for hydroxylation is 1. The van der Waals surface area contributed by atoms with E-state index in [0.717, 1.165) is 28.1 Å². The van der Waals surface area contributed by atoms with Crippen LogP contribution in [-0.4, -0.2) is 39.1 Å². The fraction of sp³-hybridized carbons (Fsp3) is 0.182. The first-order valence-electron chi connectivity index (χ1n) is 9.84. The molecule has 0 aliphatic carbocycles. The van der Waals surface area contributed by atoms with Gasteiger partial charge in [-0.3, -0.25) is 14.2 Å². The number of nitrogens with zero attached hydrogens (tertiary/aromatic N) is 3. The number of amides is 1. The van der Waals surface area contributed by atoms with Crippen LogP contribution in [0.25, 0.3) is 15.9 Å². The van der Waals surface area contributed by atoms with E-state index in [0.29, 0.717) is 26.6 Å². The highest BCUT2D eigenvalue weighted by Crippen LogP contribution is 2.32. The molecule has 0 bridgehead atoms. The van der Waals surface area contributed by atoms with Crippen molar-refractivity contribution < 1.29 is 9.53 Å². The van der Waals surface area contributed by atoms with Crippen molar-refractivity contribution in [3.05, 3.63) is 64.6 Å². The maximum atomic E-state index is 13.3. The van der Waals surface area contributed by atoms with E-state index in [9.17, 15) is 9.59 Å². The number of anilines is 1. The van der Waals surface area contributed by atoms with Gasteiger partial charge in [0.05, 0.1) is 39.4 Å². The Hall–Kier alpha value is -2.82. The molecule has 2 aromatic carbocycles. The maximum Gasteiger partial charge on any atom is 0.272 e. The molecule has 1 aliphatic heterocycles. The number of carbonyl (C=O) groups excluding carboxylic acids is 1. The van der Waals surface area contributed by atoms with E-state index in [2.05, 4.69) is 10.3 Å². The zero-order valence-electron chi connectivity index (χ0n) is 17.0. The number of aromatic nitrogens is 3. The van der Waals surface area contributed by atoms with Crippen LogP contribution >= 0.6 is 34.9 Å². The second kappa shape index (κ2) is 8.97. The highest BCUT2D eigenvalue weighted by atomic mass is 32.2. The summed E-state index contributed by atoms with van der Waals surface area (Å²) < 4.78 is 8.03. The lowest BCUT2D eigenvalue weighted by Crippen LogP contribution is -2.25. The Morgan fingerprint density at radius 3 is 2.84 bits per heavy atom. The topological polar surface area (TPSA) is 86.1 Å². The van der Waals surface area contributed by atoms with Gasteiger partial charge in [-0.05, 0) is 24.3 Å². The molecule has 2 aromatic heterocycles. The van der Waals surface area contributed by atoms with Gasteiger partial charge in [0.2, 0.25) is 5.91 Å². The summed E-state index contributed by atoms with van der Waals surface area (Å²) in [6.07, 6.45) is 0.744. The first-order valence-corrected chi connectivity index (χ1v) is 12.6. The van der Waals surface area contributed by atoms with Crippen molar-refractivity contribution in [2.75, 3.05) is 23.9 Å². The van der Waals surface area contributed by atoms with Crippen LogP contribution in [0.5, 0.6) is 5.75 Å². The minimum absolute atomic E-state index is 0.101. The van der Waals surface area contributed by atoms with Gasteiger partial charge in [0.15, 0.2) is 10.3 Å². The van der Waals surface area contributed by atoms with Crippen LogP contribution < -0.4 is 15.6 Å². The number of methoxy groups -OCH3 is 1. The molecule has 32 heavy (non-hydrogen) atoms. The maximum absolute atomic E-state index is 13.3. The summed E-state index contributed by atoms with van der Waals surface area (Å²) >= 11 is 4.18. The predicted octanol–water partition coefficient (Wildman–Crippen LogP) is 4.23.